The monoisotopic (exact) mass is 222 g/mol. The van der Waals surface area contributed by atoms with Crippen molar-refractivity contribution in [2.75, 3.05) is 32.6 Å². The summed E-state index contributed by atoms with van der Waals surface area (Å²) in [7, 11) is 3.12. The summed E-state index contributed by atoms with van der Waals surface area (Å²) in [5.41, 5.74) is 1.35. The van der Waals surface area contributed by atoms with Crippen molar-refractivity contribution in [2.45, 2.75) is 0 Å². The molecule has 5 nitrogen and oxygen atoms in total. The third-order valence-electron chi connectivity index (χ3n) is 2.49. The largest absolute Gasteiger partial charge is 0.493 e. The van der Waals surface area contributed by atoms with Crippen molar-refractivity contribution >= 4 is 11.6 Å². The molecule has 0 atom stereocenters. The molecule has 1 heterocycles. The number of anilines is 1. The highest BCUT2D eigenvalue weighted by molar-refractivity contribution is 6.01. The molecule has 5 heteroatoms. The third kappa shape index (κ3) is 1.76. The van der Waals surface area contributed by atoms with E-state index in [0.717, 1.165) is 5.69 Å². The van der Waals surface area contributed by atoms with Crippen LogP contribution in [-0.4, -0.2) is 33.2 Å². The van der Waals surface area contributed by atoms with Gasteiger partial charge in [-0.1, -0.05) is 0 Å². The molecule has 0 saturated heterocycles. The van der Waals surface area contributed by atoms with Gasteiger partial charge in [-0.15, -0.1) is 0 Å². The van der Waals surface area contributed by atoms with E-state index in [1.54, 1.807) is 26.4 Å². The number of benzene rings is 1. The van der Waals surface area contributed by atoms with Crippen LogP contribution >= 0.6 is 0 Å². The van der Waals surface area contributed by atoms with E-state index >= 15 is 0 Å². The van der Waals surface area contributed by atoms with Gasteiger partial charge in [0.15, 0.2) is 11.5 Å². The molecule has 0 saturated carbocycles. The van der Waals surface area contributed by atoms with Gasteiger partial charge in [-0.2, -0.15) is 0 Å². The number of carbonyl (C=O) groups is 1. The molecule has 1 aromatic carbocycles. The molecular formula is C11H14N2O3. The SMILES string of the molecule is COc1cc2c(cc1OC)C(=O)NCCN2. The summed E-state index contributed by atoms with van der Waals surface area (Å²) in [6.45, 7) is 1.31. The molecule has 1 aliphatic rings. The Balaban J connectivity index is 2.51. The number of nitrogens with one attached hydrogen (secondary N) is 2. The zero-order valence-electron chi connectivity index (χ0n) is 9.29. The lowest BCUT2D eigenvalue weighted by molar-refractivity contribution is 0.0957. The van der Waals surface area contributed by atoms with E-state index in [2.05, 4.69) is 10.6 Å². The summed E-state index contributed by atoms with van der Waals surface area (Å²) in [6, 6.07) is 3.46. The van der Waals surface area contributed by atoms with Crippen LogP contribution in [0.15, 0.2) is 12.1 Å². The van der Waals surface area contributed by atoms with Crippen LogP contribution in [0.4, 0.5) is 5.69 Å². The van der Waals surface area contributed by atoms with E-state index in [0.29, 0.717) is 30.2 Å². The van der Waals surface area contributed by atoms with Crippen molar-refractivity contribution in [1.82, 2.24) is 5.32 Å². The molecule has 0 bridgehead atoms. The van der Waals surface area contributed by atoms with Crippen molar-refractivity contribution in [2.24, 2.45) is 0 Å². The molecule has 0 unspecified atom stereocenters. The third-order valence-corrected chi connectivity index (χ3v) is 2.49. The van der Waals surface area contributed by atoms with Gasteiger partial charge in [0.05, 0.1) is 25.5 Å². The first-order chi connectivity index (χ1) is 7.76. The summed E-state index contributed by atoms with van der Waals surface area (Å²) in [5, 5.41) is 5.95. The van der Waals surface area contributed by atoms with Gasteiger partial charge in [0.25, 0.3) is 5.91 Å². The van der Waals surface area contributed by atoms with Crippen LogP contribution in [0.25, 0.3) is 0 Å². The van der Waals surface area contributed by atoms with E-state index < -0.39 is 0 Å². The Labute approximate surface area is 93.7 Å². The standard InChI is InChI=1S/C11H14N2O3/c1-15-9-5-7-8(6-10(9)16-2)12-3-4-13-11(7)14/h5-6,12H,3-4H2,1-2H3,(H,13,14). The van der Waals surface area contributed by atoms with Crippen molar-refractivity contribution < 1.29 is 14.3 Å². The van der Waals surface area contributed by atoms with Gasteiger partial charge in [0, 0.05) is 19.2 Å². The van der Waals surface area contributed by atoms with Gasteiger partial charge in [-0.25, -0.2) is 0 Å². The van der Waals surface area contributed by atoms with E-state index in [9.17, 15) is 4.79 Å². The molecule has 16 heavy (non-hydrogen) atoms. The smallest absolute Gasteiger partial charge is 0.253 e. The van der Waals surface area contributed by atoms with Crippen molar-refractivity contribution in [1.29, 1.82) is 0 Å². The van der Waals surface area contributed by atoms with Crippen molar-refractivity contribution in [3.8, 4) is 11.5 Å². The first-order valence-electron chi connectivity index (χ1n) is 5.04. The van der Waals surface area contributed by atoms with Gasteiger partial charge >= 0.3 is 0 Å². The highest BCUT2D eigenvalue weighted by atomic mass is 16.5. The van der Waals surface area contributed by atoms with Crippen molar-refractivity contribution in [3.63, 3.8) is 0 Å². The second-order valence-corrected chi connectivity index (χ2v) is 3.44. The Morgan fingerprint density at radius 1 is 1.06 bits per heavy atom. The molecule has 0 aromatic heterocycles. The molecule has 1 aromatic rings. The van der Waals surface area contributed by atoms with Gasteiger partial charge < -0.3 is 20.1 Å². The predicted octanol–water partition coefficient (Wildman–Crippen LogP) is 0.859. The van der Waals surface area contributed by atoms with E-state index in [1.807, 2.05) is 0 Å². The number of hydrogen-bond acceptors (Lipinski definition) is 4. The van der Waals surface area contributed by atoms with E-state index in [-0.39, 0.29) is 5.91 Å². The molecule has 1 aliphatic heterocycles. The molecule has 1 amide bonds. The zero-order valence-corrected chi connectivity index (χ0v) is 9.29. The molecule has 0 fully saturated rings. The van der Waals surface area contributed by atoms with E-state index in [1.165, 1.54) is 0 Å². The number of ether oxygens (including phenoxy) is 2. The van der Waals surface area contributed by atoms with Crippen molar-refractivity contribution in [3.05, 3.63) is 17.7 Å². The molecule has 86 valence electrons. The van der Waals surface area contributed by atoms with Gasteiger partial charge in [-0.05, 0) is 6.07 Å². The van der Waals surface area contributed by atoms with Crippen LogP contribution in [0.3, 0.4) is 0 Å². The van der Waals surface area contributed by atoms with Crippen LogP contribution in [0, 0.1) is 0 Å². The molecular weight excluding hydrogens is 208 g/mol. The quantitative estimate of drug-likeness (QED) is 0.779. The normalized spacial score (nSPS) is 14.2. The maximum Gasteiger partial charge on any atom is 0.253 e. The van der Waals surface area contributed by atoms with E-state index in [4.69, 9.17) is 9.47 Å². The van der Waals surface area contributed by atoms with Crippen LogP contribution < -0.4 is 20.1 Å². The Morgan fingerprint density at radius 2 is 1.69 bits per heavy atom. The maximum atomic E-state index is 11.7. The van der Waals surface area contributed by atoms with Crippen LogP contribution in [-0.2, 0) is 0 Å². The maximum absolute atomic E-state index is 11.7. The fourth-order valence-corrected chi connectivity index (χ4v) is 1.68. The first kappa shape index (κ1) is 10.6. The summed E-state index contributed by atoms with van der Waals surface area (Å²) < 4.78 is 10.3. The van der Waals surface area contributed by atoms with Gasteiger partial charge in [0.1, 0.15) is 0 Å². The van der Waals surface area contributed by atoms with Crippen LogP contribution in [0.2, 0.25) is 0 Å². The summed E-state index contributed by atoms with van der Waals surface area (Å²) in [5.74, 6) is 1.07. The minimum atomic E-state index is -0.0963. The fraction of sp³-hybridized carbons (Fsp3) is 0.364. The minimum Gasteiger partial charge on any atom is -0.493 e. The Kier molecular flexibility index (Phi) is 2.85. The van der Waals surface area contributed by atoms with Gasteiger partial charge in [-0.3, -0.25) is 4.79 Å². The fourth-order valence-electron chi connectivity index (χ4n) is 1.68. The average Bonchev–Trinajstić information content (AvgIpc) is 2.49. The molecule has 2 N–H and O–H groups in total. The minimum absolute atomic E-state index is 0.0963. The molecule has 0 aliphatic carbocycles. The summed E-state index contributed by atoms with van der Waals surface area (Å²) in [4.78, 5) is 11.7. The Bertz CT molecular complexity index is 418. The second kappa shape index (κ2) is 4.30. The highest BCUT2D eigenvalue weighted by Gasteiger charge is 2.18. The zero-order chi connectivity index (χ0) is 11.5. The first-order valence-corrected chi connectivity index (χ1v) is 5.04. The second-order valence-electron chi connectivity index (χ2n) is 3.44. The van der Waals surface area contributed by atoms with Crippen LogP contribution in [0.5, 0.6) is 11.5 Å². The topological polar surface area (TPSA) is 59.6 Å². The number of amides is 1. The Hall–Kier alpha value is -1.91. The molecule has 2 rings (SSSR count). The average molecular weight is 222 g/mol. The Morgan fingerprint density at radius 3 is 2.38 bits per heavy atom. The molecule has 0 spiro atoms. The number of fused-ring (bicyclic) bond motifs is 1. The predicted molar refractivity (Wildman–Crippen MR) is 60.4 cm³/mol. The number of methoxy groups -OCH3 is 2. The van der Waals surface area contributed by atoms with Gasteiger partial charge in [0.2, 0.25) is 0 Å². The lowest BCUT2D eigenvalue weighted by Gasteiger charge is -2.12. The number of hydrogen-bond donors (Lipinski definition) is 2. The number of rotatable bonds is 2. The molecule has 0 radical (unpaired) electrons. The summed E-state index contributed by atoms with van der Waals surface area (Å²) in [6.07, 6.45) is 0. The lowest BCUT2D eigenvalue weighted by Crippen LogP contribution is -2.24. The number of carbonyl (C=O) groups excluding carboxylic acids is 1. The summed E-state index contributed by atoms with van der Waals surface area (Å²) >= 11 is 0. The lowest BCUT2D eigenvalue weighted by atomic mass is 10.1. The van der Waals surface area contributed by atoms with Crippen LogP contribution in [0.1, 0.15) is 10.4 Å². The highest BCUT2D eigenvalue weighted by Crippen LogP contribution is 2.33.